The Morgan fingerprint density at radius 1 is 1.20 bits per heavy atom. The van der Waals surface area contributed by atoms with Gasteiger partial charge in [-0.2, -0.15) is 0 Å². The minimum atomic E-state index is 0.360. The summed E-state index contributed by atoms with van der Waals surface area (Å²) in [6.45, 7) is 14.2. The van der Waals surface area contributed by atoms with E-state index in [4.69, 9.17) is 5.73 Å². The van der Waals surface area contributed by atoms with Crippen molar-refractivity contribution in [2.45, 2.75) is 91.8 Å². The lowest BCUT2D eigenvalue weighted by Crippen LogP contribution is -2.54. The fourth-order valence-electron chi connectivity index (χ4n) is 3.81. The normalized spacial score (nSPS) is 30.0. The molecule has 0 aliphatic heterocycles. The fourth-order valence-corrected chi connectivity index (χ4v) is 3.81. The van der Waals surface area contributed by atoms with Crippen molar-refractivity contribution < 1.29 is 0 Å². The quantitative estimate of drug-likeness (QED) is 0.787. The smallest absolute Gasteiger partial charge is 0.0249 e. The van der Waals surface area contributed by atoms with E-state index >= 15 is 0 Å². The molecule has 0 saturated heterocycles. The first kappa shape index (κ1) is 18.0. The first-order chi connectivity index (χ1) is 9.19. The van der Waals surface area contributed by atoms with Crippen LogP contribution in [0.5, 0.6) is 0 Å². The zero-order valence-electron chi connectivity index (χ0n) is 14.9. The molecule has 1 aliphatic rings. The second-order valence-electron chi connectivity index (χ2n) is 8.23. The Hall–Kier alpha value is -0.0800. The van der Waals surface area contributed by atoms with Gasteiger partial charge in [-0.3, -0.25) is 4.90 Å². The number of likely N-dealkylation sites (N-methyl/N-ethyl adjacent to an activating group) is 1. The summed E-state index contributed by atoms with van der Waals surface area (Å²) < 4.78 is 0. The summed E-state index contributed by atoms with van der Waals surface area (Å²) in [7, 11) is 2.29. The zero-order valence-corrected chi connectivity index (χ0v) is 14.9. The van der Waals surface area contributed by atoms with Crippen LogP contribution in [0.4, 0.5) is 0 Å². The number of hydrogen-bond donors (Lipinski definition) is 1. The predicted octanol–water partition coefficient (Wildman–Crippen LogP) is 4.29. The van der Waals surface area contributed by atoms with Crippen LogP contribution in [-0.4, -0.2) is 30.1 Å². The van der Waals surface area contributed by atoms with Gasteiger partial charge in [0.1, 0.15) is 0 Å². The van der Waals surface area contributed by atoms with E-state index in [9.17, 15) is 0 Å². The predicted molar refractivity (Wildman–Crippen MR) is 89.9 cm³/mol. The SMILES string of the molecule is CCC(C)(C)C1CCC(N)C(N(C)C(C)CC(C)C)C1. The zero-order chi connectivity index (χ0) is 15.5. The Kier molecular flexibility index (Phi) is 6.53. The molecule has 4 atom stereocenters. The fraction of sp³-hybridized carbons (Fsp3) is 1.00. The summed E-state index contributed by atoms with van der Waals surface area (Å²) in [6.07, 6.45) is 6.32. The van der Waals surface area contributed by atoms with Gasteiger partial charge in [-0.25, -0.2) is 0 Å². The molecule has 120 valence electrons. The Labute approximate surface area is 127 Å². The lowest BCUT2D eigenvalue weighted by Gasteiger charge is -2.46. The van der Waals surface area contributed by atoms with Gasteiger partial charge in [0.05, 0.1) is 0 Å². The molecular weight excluding hydrogens is 244 g/mol. The molecule has 0 heterocycles. The van der Waals surface area contributed by atoms with E-state index < -0.39 is 0 Å². The molecular formula is C18H38N2. The molecule has 1 saturated carbocycles. The molecule has 1 aliphatic carbocycles. The van der Waals surface area contributed by atoms with Crippen molar-refractivity contribution in [3.63, 3.8) is 0 Å². The second kappa shape index (κ2) is 7.26. The lowest BCUT2D eigenvalue weighted by molar-refractivity contribution is 0.0511. The average Bonchev–Trinajstić information content (AvgIpc) is 2.37. The summed E-state index contributed by atoms with van der Waals surface area (Å²) in [5.41, 5.74) is 6.91. The summed E-state index contributed by atoms with van der Waals surface area (Å²) in [5, 5.41) is 0. The van der Waals surface area contributed by atoms with E-state index in [1.165, 1.54) is 32.1 Å². The topological polar surface area (TPSA) is 29.3 Å². The van der Waals surface area contributed by atoms with Crippen LogP contribution < -0.4 is 5.73 Å². The number of rotatable bonds is 6. The monoisotopic (exact) mass is 282 g/mol. The standard InChI is InChI=1S/C18H38N2/c1-8-18(5,6)15-9-10-16(19)17(12-15)20(7)14(4)11-13(2)3/h13-17H,8-12,19H2,1-7H3. The van der Waals surface area contributed by atoms with Gasteiger partial charge in [0.15, 0.2) is 0 Å². The highest BCUT2D eigenvalue weighted by Crippen LogP contribution is 2.41. The van der Waals surface area contributed by atoms with Crippen LogP contribution in [0.25, 0.3) is 0 Å². The summed E-state index contributed by atoms with van der Waals surface area (Å²) in [6, 6.07) is 1.56. The molecule has 20 heavy (non-hydrogen) atoms. The van der Waals surface area contributed by atoms with E-state index in [1.54, 1.807) is 0 Å². The number of nitrogens with zero attached hydrogens (tertiary/aromatic N) is 1. The molecule has 0 amide bonds. The van der Waals surface area contributed by atoms with E-state index in [2.05, 4.69) is 53.5 Å². The number of nitrogens with two attached hydrogens (primary N) is 1. The molecule has 0 aromatic rings. The largest absolute Gasteiger partial charge is 0.326 e. The van der Waals surface area contributed by atoms with Crippen molar-refractivity contribution in [2.24, 2.45) is 23.0 Å². The maximum atomic E-state index is 6.45. The van der Waals surface area contributed by atoms with Gasteiger partial charge < -0.3 is 5.73 Å². The van der Waals surface area contributed by atoms with Crippen LogP contribution in [0.2, 0.25) is 0 Å². The third-order valence-corrected chi connectivity index (χ3v) is 5.92. The molecule has 4 unspecified atom stereocenters. The Bertz CT molecular complexity index is 285. The van der Waals surface area contributed by atoms with Crippen molar-refractivity contribution in [3.05, 3.63) is 0 Å². The second-order valence-corrected chi connectivity index (χ2v) is 8.23. The Morgan fingerprint density at radius 2 is 1.80 bits per heavy atom. The molecule has 0 aromatic heterocycles. The van der Waals surface area contributed by atoms with E-state index in [1.807, 2.05) is 0 Å². The van der Waals surface area contributed by atoms with Crippen LogP contribution in [-0.2, 0) is 0 Å². The summed E-state index contributed by atoms with van der Waals surface area (Å²) in [4.78, 5) is 2.57. The Balaban J connectivity index is 2.71. The first-order valence-electron chi connectivity index (χ1n) is 8.66. The minimum Gasteiger partial charge on any atom is -0.326 e. The van der Waals surface area contributed by atoms with Crippen LogP contribution in [0, 0.1) is 17.3 Å². The lowest BCUT2D eigenvalue weighted by atomic mass is 9.67. The minimum absolute atomic E-state index is 0.360. The van der Waals surface area contributed by atoms with Crippen molar-refractivity contribution in [1.29, 1.82) is 0 Å². The highest BCUT2D eigenvalue weighted by atomic mass is 15.2. The maximum absolute atomic E-state index is 6.45. The third kappa shape index (κ3) is 4.46. The third-order valence-electron chi connectivity index (χ3n) is 5.92. The van der Waals surface area contributed by atoms with Gasteiger partial charge in [-0.15, -0.1) is 0 Å². The van der Waals surface area contributed by atoms with Gasteiger partial charge in [-0.1, -0.05) is 41.0 Å². The van der Waals surface area contributed by atoms with Crippen LogP contribution in [0.15, 0.2) is 0 Å². The van der Waals surface area contributed by atoms with Gasteiger partial charge in [0, 0.05) is 18.1 Å². The highest BCUT2D eigenvalue weighted by Gasteiger charge is 2.38. The van der Waals surface area contributed by atoms with Crippen molar-refractivity contribution >= 4 is 0 Å². The number of hydrogen-bond acceptors (Lipinski definition) is 2. The van der Waals surface area contributed by atoms with Crippen LogP contribution >= 0.6 is 0 Å². The van der Waals surface area contributed by atoms with E-state index in [0.29, 0.717) is 23.5 Å². The highest BCUT2D eigenvalue weighted by molar-refractivity contribution is 4.93. The Morgan fingerprint density at radius 3 is 2.30 bits per heavy atom. The van der Waals surface area contributed by atoms with Crippen LogP contribution in [0.1, 0.15) is 73.6 Å². The van der Waals surface area contributed by atoms with Crippen LogP contribution in [0.3, 0.4) is 0 Å². The van der Waals surface area contributed by atoms with Gasteiger partial charge >= 0.3 is 0 Å². The summed E-state index contributed by atoms with van der Waals surface area (Å²) in [5.74, 6) is 1.58. The first-order valence-corrected chi connectivity index (χ1v) is 8.66. The molecule has 0 aromatic carbocycles. The van der Waals surface area contributed by atoms with E-state index in [0.717, 1.165) is 11.8 Å². The molecule has 2 nitrogen and oxygen atoms in total. The molecule has 2 heteroatoms. The molecule has 2 N–H and O–H groups in total. The molecule has 1 fully saturated rings. The van der Waals surface area contributed by atoms with Crippen molar-refractivity contribution in [3.8, 4) is 0 Å². The molecule has 0 spiro atoms. The van der Waals surface area contributed by atoms with Gasteiger partial charge in [0.25, 0.3) is 0 Å². The molecule has 1 rings (SSSR count). The van der Waals surface area contributed by atoms with Gasteiger partial charge in [-0.05, 0) is 56.9 Å². The maximum Gasteiger partial charge on any atom is 0.0249 e. The average molecular weight is 283 g/mol. The van der Waals surface area contributed by atoms with Crippen molar-refractivity contribution in [2.75, 3.05) is 7.05 Å². The molecule has 0 radical (unpaired) electrons. The van der Waals surface area contributed by atoms with Gasteiger partial charge in [0.2, 0.25) is 0 Å². The van der Waals surface area contributed by atoms with Crippen molar-refractivity contribution in [1.82, 2.24) is 4.90 Å². The molecule has 0 bridgehead atoms. The van der Waals surface area contributed by atoms with E-state index in [-0.39, 0.29) is 0 Å². The summed E-state index contributed by atoms with van der Waals surface area (Å²) >= 11 is 0.